The summed E-state index contributed by atoms with van der Waals surface area (Å²) in [6.45, 7) is 3.06. The number of ether oxygens (including phenoxy) is 1. The van der Waals surface area contributed by atoms with Crippen LogP contribution >= 0.6 is 0 Å². The Morgan fingerprint density at radius 1 is 1.12 bits per heavy atom. The van der Waals surface area contributed by atoms with Crippen molar-refractivity contribution in [1.82, 2.24) is 5.32 Å². The average Bonchev–Trinajstić information content (AvgIpc) is 2.67. The highest BCUT2D eigenvalue weighted by Gasteiger charge is 2.25. The van der Waals surface area contributed by atoms with Crippen molar-refractivity contribution >= 4 is 11.6 Å². The van der Waals surface area contributed by atoms with Crippen LogP contribution in [0, 0.1) is 5.92 Å². The second kappa shape index (κ2) is 7.18. The van der Waals surface area contributed by atoms with E-state index in [0.29, 0.717) is 13.2 Å². The zero-order valence-corrected chi connectivity index (χ0v) is 14.4. The fraction of sp³-hybridized carbons (Fsp3) is 0.381. The fourth-order valence-corrected chi connectivity index (χ4v) is 3.80. The van der Waals surface area contributed by atoms with E-state index in [2.05, 4.69) is 34.5 Å². The van der Waals surface area contributed by atoms with Crippen molar-refractivity contribution in [1.29, 1.82) is 0 Å². The lowest BCUT2D eigenvalue weighted by atomic mass is 9.96. The first-order chi connectivity index (χ1) is 12.3. The predicted octanol–water partition coefficient (Wildman–Crippen LogP) is 2.81. The van der Waals surface area contributed by atoms with Crippen molar-refractivity contribution in [3.05, 3.63) is 59.7 Å². The molecule has 2 aliphatic heterocycles. The van der Waals surface area contributed by atoms with E-state index in [9.17, 15) is 4.79 Å². The number of nitrogens with zero attached hydrogens (tertiary/aromatic N) is 1. The van der Waals surface area contributed by atoms with Crippen LogP contribution < -0.4 is 15.0 Å². The van der Waals surface area contributed by atoms with E-state index in [1.807, 2.05) is 24.3 Å². The molecule has 0 saturated carbocycles. The number of carbonyl (C=O) groups is 1. The van der Waals surface area contributed by atoms with E-state index < -0.39 is 0 Å². The number of aryl methyl sites for hydroxylation is 1. The van der Waals surface area contributed by atoms with Crippen LogP contribution in [-0.2, 0) is 17.6 Å². The zero-order chi connectivity index (χ0) is 17.1. The minimum Gasteiger partial charge on any atom is -0.492 e. The number of hydrogen-bond acceptors (Lipinski definition) is 3. The number of hydrogen-bond donors (Lipinski definition) is 1. The molecular weight excluding hydrogens is 312 g/mol. The Balaban J connectivity index is 1.30. The van der Waals surface area contributed by atoms with E-state index >= 15 is 0 Å². The Kier molecular flexibility index (Phi) is 4.59. The van der Waals surface area contributed by atoms with Crippen LogP contribution in [0.5, 0.6) is 5.75 Å². The molecule has 4 heteroatoms. The first kappa shape index (κ1) is 16.0. The first-order valence-electron chi connectivity index (χ1n) is 9.12. The molecule has 0 aromatic heterocycles. The molecule has 1 N–H and O–H groups in total. The van der Waals surface area contributed by atoms with Crippen molar-refractivity contribution < 1.29 is 9.53 Å². The summed E-state index contributed by atoms with van der Waals surface area (Å²) in [7, 11) is 0. The highest BCUT2D eigenvalue weighted by Crippen LogP contribution is 2.27. The molecule has 2 heterocycles. The molecule has 0 fully saturated rings. The summed E-state index contributed by atoms with van der Waals surface area (Å²) < 4.78 is 5.73. The minimum absolute atomic E-state index is 0.0939. The molecule has 130 valence electrons. The van der Waals surface area contributed by atoms with Crippen molar-refractivity contribution in [2.24, 2.45) is 5.92 Å². The van der Waals surface area contributed by atoms with Gasteiger partial charge in [-0.1, -0.05) is 36.4 Å². The van der Waals surface area contributed by atoms with Crippen molar-refractivity contribution in [3.63, 3.8) is 0 Å². The van der Waals surface area contributed by atoms with Gasteiger partial charge in [0.15, 0.2) is 0 Å². The van der Waals surface area contributed by atoms with Crippen LogP contribution in [0.25, 0.3) is 0 Å². The predicted molar refractivity (Wildman–Crippen MR) is 99.1 cm³/mol. The number of rotatable bonds is 4. The molecule has 1 amide bonds. The van der Waals surface area contributed by atoms with Gasteiger partial charge in [-0.15, -0.1) is 0 Å². The lowest BCUT2D eigenvalue weighted by Crippen LogP contribution is -2.42. The largest absolute Gasteiger partial charge is 0.492 e. The van der Waals surface area contributed by atoms with Gasteiger partial charge >= 0.3 is 0 Å². The summed E-state index contributed by atoms with van der Waals surface area (Å²) in [5.74, 6) is 0.916. The molecule has 0 saturated heterocycles. The molecule has 0 spiro atoms. The highest BCUT2D eigenvalue weighted by atomic mass is 16.5. The monoisotopic (exact) mass is 336 g/mol. The molecule has 2 aromatic carbocycles. The van der Waals surface area contributed by atoms with Crippen LogP contribution in [0.15, 0.2) is 48.5 Å². The van der Waals surface area contributed by atoms with Gasteiger partial charge in [0.25, 0.3) is 0 Å². The molecule has 2 aliphatic rings. The number of carbonyl (C=O) groups excluding carboxylic acids is 1. The molecular formula is C21H24N2O2. The summed E-state index contributed by atoms with van der Waals surface area (Å²) in [5, 5.41) is 3.10. The second-order valence-corrected chi connectivity index (χ2v) is 6.83. The van der Waals surface area contributed by atoms with Gasteiger partial charge < -0.3 is 15.0 Å². The molecule has 0 aliphatic carbocycles. The van der Waals surface area contributed by atoms with Gasteiger partial charge in [0.05, 0.1) is 5.92 Å². The van der Waals surface area contributed by atoms with Gasteiger partial charge in [-0.3, -0.25) is 4.79 Å². The zero-order valence-electron chi connectivity index (χ0n) is 14.4. The molecule has 1 atom stereocenters. The third kappa shape index (κ3) is 3.48. The van der Waals surface area contributed by atoms with Crippen LogP contribution in [0.3, 0.4) is 0 Å². The Morgan fingerprint density at radius 3 is 2.84 bits per heavy atom. The molecule has 4 nitrogen and oxygen atoms in total. The normalized spacial score (nSPS) is 18.7. The Labute approximate surface area is 148 Å². The standard InChI is InChI=1S/C21H24N2O2/c24-21(18-14-17-7-2-4-10-20(17)25-15-18)22-11-13-23-12-5-8-16-6-1-3-9-19(16)23/h1-4,6-7,9-10,18H,5,8,11-15H2,(H,22,24)/t18-/m1/s1. The van der Waals surface area contributed by atoms with E-state index in [4.69, 9.17) is 4.74 Å². The lowest BCUT2D eigenvalue weighted by Gasteiger charge is -2.31. The maximum atomic E-state index is 12.5. The van der Waals surface area contributed by atoms with E-state index in [1.165, 1.54) is 17.7 Å². The summed E-state index contributed by atoms with van der Waals surface area (Å²) in [6, 6.07) is 16.6. The molecule has 0 bridgehead atoms. The quantitative estimate of drug-likeness (QED) is 0.933. The summed E-state index contributed by atoms with van der Waals surface area (Å²) >= 11 is 0. The minimum atomic E-state index is -0.0939. The third-order valence-electron chi connectivity index (χ3n) is 5.14. The third-order valence-corrected chi connectivity index (χ3v) is 5.14. The Hall–Kier alpha value is -2.49. The van der Waals surface area contributed by atoms with Crippen LogP contribution in [0.1, 0.15) is 17.5 Å². The van der Waals surface area contributed by atoms with E-state index in [-0.39, 0.29) is 11.8 Å². The highest BCUT2D eigenvalue weighted by molar-refractivity contribution is 5.79. The molecule has 0 radical (unpaired) electrons. The van der Waals surface area contributed by atoms with Gasteiger partial charge in [0.2, 0.25) is 5.91 Å². The molecule has 0 unspecified atom stereocenters. The average molecular weight is 336 g/mol. The number of anilines is 1. The maximum Gasteiger partial charge on any atom is 0.226 e. The molecule has 4 rings (SSSR count). The van der Waals surface area contributed by atoms with Gasteiger partial charge in [-0.05, 0) is 42.5 Å². The summed E-state index contributed by atoms with van der Waals surface area (Å²) in [4.78, 5) is 14.9. The Morgan fingerprint density at radius 2 is 1.92 bits per heavy atom. The Bertz CT molecular complexity index is 759. The number of para-hydroxylation sites is 2. The maximum absolute atomic E-state index is 12.5. The number of amides is 1. The van der Waals surface area contributed by atoms with E-state index in [0.717, 1.165) is 37.2 Å². The topological polar surface area (TPSA) is 41.6 Å². The number of nitrogens with one attached hydrogen (secondary N) is 1. The van der Waals surface area contributed by atoms with Crippen molar-refractivity contribution in [3.8, 4) is 5.75 Å². The summed E-state index contributed by atoms with van der Waals surface area (Å²) in [6.07, 6.45) is 3.09. The molecule has 2 aromatic rings. The first-order valence-corrected chi connectivity index (χ1v) is 9.12. The van der Waals surface area contributed by atoms with Crippen LogP contribution in [0.4, 0.5) is 5.69 Å². The second-order valence-electron chi connectivity index (χ2n) is 6.83. The summed E-state index contributed by atoms with van der Waals surface area (Å²) in [5.41, 5.74) is 3.86. The van der Waals surface area contributed by atoms with E-state index in [1.54, 1.807) is 0 Å². The lowest BCUT2D eigenvalue weighted by molar-refractivity contribution is -0.126. The van der Waals surface area contributed by atoms with Gasteiger partial charge in [0.1, 0.15) is 12.4 Å². The van der Waals surface area contributed by atoms with Crippen LogP contribution in [0.2, 0.25) is 0 Å². The number of benzene rings is 2. The van der Waals surface area contributed by atoms with Gasteiger partial charge in [-0.25, -0.2) is 0 Å². The smallest absolute Gasteiger partial charge is 0.226 e. The number of fused-ring (bicyclic) bond motifs is 2. The fourth-order valence-electron chi connectivity index (χ4n) is 3.80. The van der Waals surface area contributed by atoms with Crippen molar-refractivity contribution in [2.75, 3.05) is 31.1 Å². The van der Waals surface area contributed by atoms with Gasteiger partial charge in [0, 0.05) is 25.3 Å². The molecule has 25 heavy (non-hydrogen) atoms. The van der Waals surface area contributed by atoms with Crippen LogP contribution in [-0.4, -0.2) is 32.1 Å². The van der Waals surface area contributed by atoms with Crippen molar-refractivity contribution in [2.45, 2.75) is 19.3 Å². The van der Waals surface area contributed by atoms with Gasteiger partial charge in [-0.2, -0.15) is 0 Å². The SMILES string of the molecule is O=C(NCCN1CCCc2ccccc21)[C@H]1COc2ccccc2C1.